The fraction of sp³-hybridized carbons (Fsp3) is 0.241. The van der Waals surface area contributed by atoms with E-state index in [1.165, 1.54) is 7.11 Å². The Bertz CT molecular complexity index is 1530. The minimum absolute atomic E-state index is 0.0465. The number of para-hydroxylation sites is 1. The number of aromatic amines is 1. The topological polar surface area (TPSA) is 74.4 Å². The minimum Gasteiger partial charge on any atom is -0.464 e. The van der Waals surface area contributed by atoms with Crippen LogP contribution in [0.3, 0.4) is 0 Å². The van der Waals surface area contributed by atoms with Crippen LogP contribution in [-0.4, -0.2) is 41.6 Å². The SMILES string of the molecule is COC(=O)c1[nH]c2ccc(Cl)cc2c1[C@]12CCN(C(=O)Cc3cccc(C)c3)[C@H]1Nc1ccccc12. The number of rotatable bonds is 4. The van der Waals surface area contributed by atoms with E-state index in [-0.39, 0.29) is 12.1 Å². The number of nitrogens with zero attached hydrogens (tertiary/aromatic N) is 1. The molecule has 0 spiro atoms. The Morgan fingerprint density at radius 1 is 1.11 bits per heavy atom. The number of aryl methyl sites for hydroxylation is 1. The summed E-state index contributed by atoms with van der Waals surface area (Å²) in [5.74, 6) is -0.398. The number of methoxy groups -OCH3 is 1. The third-order valence-corrected chi connectivity index (χ3v) is 7.81. The molecule has 0 radical (unpaired) electrons. The molecular weight excluding hydrogens is 474 g/mol. The van der Waals surface area contributed by atoms with Gasteiger partial charge >= 0.3 is 5.97 Å². The summed E-state index contributed by atoms with van der Waals surface area (Å²) in [7, 11) is 1.38. The van der Waals surface area contributed by atoms with E-state index in [2.05, 4.69) is 22.4 Å². The zero-order chi connectivity index (χ0) is 25.0. The van der Waals surface area contributed by atoms with E-state index in [1.54, 1.807) is 6.07 Å². The number of H-pyrrole nitrogens is 1. The first kappa shape index (κ1) is 22.7. The van der Waals surface area contributed by atoms with Gasteiger partial charge in [0.1, 0.15) is 11.9 Å². The van der Waals surface area contributed by atoms with Gasteiger partial charge in [-0.15, -0.1) is 0 Å². The lowest BCUT2D eigenvalue weighted by molar-refractivity contribution is -0.131. The van der Waals surface area contributed by atoms with Gasteiger partial charge in [-0.25, -0.2) is 4.79 Å². The van der Waals surface area contributed by atoms with Gasteiger partial charge in [-0.2, -0.15) is 0 Å². The van der Waals surface area contributed by atoms with Crippen LogP contribution in [0.15, 0.2) is 66.7 Å². The second-order valence-corrected chi connectivity index (χ2v) is 10.1. The monoisotopic (exact) mass is 499 g/mol. The first-order valence-electron chi connectivity index (χ1n) is 12.0. The van der Waals surface area contributed by atoms with Crippen LogP contribution in [0.5, 0.6) is 0 Å². The van der Waals surface area contributed by atoms with E-state index in [0.717, 1.165) is 38.8 Å². The molecule has 0 bridgehead atoms. The summed E-state index contributed by atoms with van der Waals surface area (Å²) in [6.07, 6.45) is 0.620. The highest BCUT2D eigenvalue weighted by atomic mass is 35.5. The molecule has 2 aliphatic rings. The van der Waals surface area contributed by atoms with Gasteiger partial charge < -0.3 is 19.9 Å². The Balaban J connectivity index is 1.53. The molecule has 3 heterocycles. The van der Waals surface area contributed by atoms with Gasteiger partial charge in [-0.1, -0.05) is 59.6 Å². The van der Waals surface area contributed by atoms with Crippen molar-refractivity contribution in [2.45, 2.75) is 31.3 Å². The van der Waals surface area contributed by atoms with Crippen molar-refractivity contribution in [1.82, 2.24) is 9.88 Å². The molecule has 4 aromatic rings. The Labute approximate surface area is 214 Å². The molecule has 0 unspecified atom stereocenters. The number of carbonyl (C=O) groups is 2. The van der Waals surface area contributed by atoms with Gasteiger partial charge in [0.05, 0.1) is 18.9 Å². The molecule has 1 aromatic heterocycles. The lowest BCUT2D eigenvalue weighted by Gasteiger charge is -2.33. The first-order chi connectivity index (χ1) is 17.4. The Morgan fingerprint density at radius 3 is 2.75 bits per heavy atom. The van der Waals surface area contributed by atoms with Crippen molar-refractivity contribution in [1.29, 1.82) is 0 Å². The van der Waals surface area contributed by atoms with Crippen molar-refractivity contribution in [2.75, 3.05) is 19.0 Å². The van der Waals surface area contributed by atoms with Gasteiger partial charge in [-0.3, -0.25) is 4.79 Å². The smallest absolute Gasteiger partial charge is 0.354 e. The summed E-state index contributed by atoms with van der Waals surface area (Å²) >= 11 is 6.43. The van der Waals surface area contributed by atoms with E-state index in [9.17, 15) is 9.59 Å². The fourth-order valence-corrected chi connectivity index (χ4v) is 6.28. The molecule has 2 aliphatic heterocycles. The zero-order valence-corrected chi connectivity index (χ0v) is 20.9. The highest BCUT2D eigenvalue weighted by molar-refractivity contribution is 6.31. The average Bonchev–Trinajstić information content (AvgIpc) is 3.52. The third kappa shape index (κ3) is 3.32. The van der Waals surface area contributed by atoms with Crippen molar-refractivity contribution in [3.8, 4) is 0 Å². The van der Waals surface area contributed by atoms with Crippen molar-refractivity contribution in [3.63, 3.8) is 0 Å². The molecule has 2 atom stereocenters. The molecule has 3 aromatic carbocycles. The van der Waals surface area contributed by atoms with Crippen LogP contribution in [0.4, 0.5) is 5.69 Å². The molecule has 0 aliphatic carbocycles. The summed E-state index contributed by atoms with van der Waals surface area (Å²) < 4.78 is 5.19. The molecule has 36 heavy (non-hydrogen) atoms. The number of aromatic nitrogens is 1. The molecule has 7 heteroatoms. The van der Waals surface area contributed by atoms with Crippen LogP contribution >= 0.6 is 11.6 Å². The number of benzene rings is 3. The number of nitrogens with one attached hydrogen (secondary N) is 2. The van der Waals surface area contributed by atoms with Crippen molar-refractivity contribution in [3.05, 3.63) is 99.7 Å². The maximum atomic E-state index is 13.7. The summed E-state index contributed by atoms with van der Waals surface area (Å²) in [4.78, 5) is 31.9. The second kappa shape index (κ2) is 8.42. The largest absolute Gasteiger partial charge is 0.464 e. The molecule has 2 N–H and O–H groups in total. The fourth-order valence-electron chi connectivity index (χ4n) is 6.10. The number of carbonyl (C=O) groups excluding carboxylic acids is 2. The maximum Gasteiger partial charge on any atom is 0.354 e. The molecule has 1 fully saturated rings. The van der Waals surface area contributed by atoms with Gasteiger partial charge in [0.2, 0.25) is 5.91 Å². The van der Waals surface area contributed by atoms with Crippen molar-refractivity contribution >= 4 is 40.1 Å². The number of esters is 1. The molecule has 182 valence electrons. The van der Waals surface area contributed by atoms with Crippen LogP contribution in [0.1, 0.15) is 39.2 Å². The van der Waals surface area contributed by atoms with Gasteiger partial charge in [0.15, 0.2) is 0 Å². The molecular formula is C29H26ClN3O3. The first-order valence-corrected chi connectivity index (χ1v) is 12.4. The summed E-state index contributed by atoms with van der Waals surface area (Å²) in [6.45, 7) is 2.59. The quantitative estimate of drug-likeness (QED) is 0.367. The summed E-state index contributed by atoms with van der Waals surface area (Å²) in [5, 5.41) is 5.06. The normalized spacial score (nSPS) is 20.2. The number of amides is 1. The van der Waals surface area contributed by atoms with E-state index >= 15 is 0 Å². The molecule has 6 rings (SSSR count). The van der Waals surface area contributed by atoms with E-state index < -0.39 is 11.4 Å². The van der Waals surface area contributed by atoms with Crippen LogP contribution in [0.2, 0.25) is 5.02 Å². The minimum atomic E-state index is -0.648. The Hall–Kier alpha value is -3.77. The summed E-state index contributed by atoms with van der Waals surface area (Å²) in [6, 6.07) is 21.7. The van der Waals surface area contributed by atoms with Gasteiger partial charge in [-0.05, 0) is 48.7 Å². The number of halogens is 1. The van der Waals surface area contributed by atoms with Crippen molar-refractivity contribution in [2.24, 2.45) is 0 Å². The predicted molar refractivity (Wildman–Crippen MR) is 140 cm³/mol. The second-order valence-electron chi connectivity index (χ2n) is 9.62. The highest BCUT2D eigenvalue weighted by Gasteiger charge is 2.58. The van der Waals surface area contributed by atoms with E-state index in [0.29, 0.717) is 30.1 Å². The standard InChI is InChI=1S/C29H26ClN3O3/c1-17-6-5-7-18(14-17)15-24(34)33-13-12-29(21-8-3-4-9-23(21)32-28(29)33)25-20-16-19(30)10-11-22(20)31-26(25)27(35)36-2/h3-11,14,16,28,31-32H,12-13,15H2,1-2H3/t28-,29-/m1/s1. The van der Waals surface area contributed by atoms with Crippen LogP contribution in [-0.2, 0) is 21.4 Å². The lowest BCUT2D eigenvalue weighted by Crippen LogP contribution is -2.47. The van der Waals surface area contributed by atoms with Crippen LogP contribution < -0.4 is 5.32 Å². The molecule has 6 nitrogen and oxygen atoms in total. The molecule has 1 amide bonds. The highest BCUT2D eigenvalue weighted by Crippen LogP contribution is 2.55. The van der Waals surface area contributed by atoms with Crippen molar-refractivity contribution < 1.29 is 14.3 Å². The Morgan fingerprint density at radius 2 is 1.94 bits per heavy atom. The van der Waals surface area contributed by atoms with E-state index in [4.69, 9.17) is 16.3 Å². The number of fused-ring (bicyclic) bond motifs is 4. The third-order valence-electron chi connectivity index (χ3n) is 7.58. The molecule has 1 saturated heterocycles. The van der Waals surface area contributed by atoms with Crippen LogP contribution in [0, 0.1) is 6.92 Å². The number of hydrogen-bond donors (Lipinski definition) is 2. The average molecular weight is 500 g/mol. The number of hydrogen-bond acceptors (Lipinski definition) is 4. The number of ether oxygens (including phenoxy) is 1. The van der Waals surface area contributed by atoms with Gasteiger partial charge in [0.25, 0.3) is 0 Å². The lowest BCUT2D eigenvalue weighted by atomic mass is 9.72. The van der Waals surface area contributed by atoms with Crippen LogP contribution in [0.25, 0.3) is 10.9 Å². The summed E-state index contributed by atoms with van der Waals surface area (Å²) in [5.41, 5.74) is 5.51. The maximum absolute atomic E-state index is 13.7. The predicted octanol–water partition coefficient (Wildman–Crippen LogP) is 5.43. The molecule has 0 saturated carbocycles. The Kier molecular flexibility index (Phi) is 5.30. The zero-order valence-electron chi connectivity index (χ0n) is 20.1. The number of likely N-dealkylation sites (tertiary alicyclic amines) is 1. The number of anilines is 1. The van der Waals surface area contributed by atoms with Gasteiger partial charge in [0, 0.05) is 33.7 Å². The van der Waals surface area contributed by atoms with E-state index in [1.807, 2.05) is 60.4 Å².